The molecule has 0 heterocycles. The second-order valence-corrected chi connectivity index (χ2v) is 4.21. The number of nitrogens with one attached hydrogen (secondary N) is 1. The van der Waals surface area contributed by atoms with Crippen LogP contribution in [0.15, 0.2) is 24.3 Å². The molecule has 102 valence electrons. The van der Waals surface area contributed by atoms with Crippen LogP contribution >= 0.6 is 0 Å². The summed E-state index contributed by atoms with van der Waals surface area (Å²) in [4.78, 5) is 34.8. The number of nitrogens with zero attached hydrogens (tertiary/aromatic N) is 1. The van der Waals surface area contributed by atoms with Gasteiger partial charge in [0.1, 0.15) is 0 Å². The molecule has 6 heteroatoms. The van der Waals surface area contributed by atoms with E-state index >= 15 is 0 Å². The molecular formula is C13H16N2O4. The zero-order valence-electron chi connectivity index (χ0n) is 11.0. The minimum atomic E-state index is -1.19. The van der Waals surface area contributed by atoms with Crippen LogP contribution < -0.4 is 5.32 Å². The van der Waals surface area contributed by atoms with Crippen LogP contribution in [0.25, 0.3) is 0 Å². The first kappa shape index (κ1) is 14.7. The minimum absolute atomic E-state index is 0.456. The number of carbonyl (C=O) groups excluding carboxylic acids is 2. The molecule has 0 bridgehead atoms. The van der Waals surface area contributed by atoms with Gasteiger partial charge >= 0.3 is 12.0 Å². The molecule has 0 radical (unpaired) electrons. The number of amides is 3. The molecule has 1 atom stereocenters. The van der Waals surface area contributed by atoms with Gasteiger partial charge in [0.05, 0.1) is 0 Å². The van der Waals surface area contributed by atoms with E-state index in [-0.39, 0.29) is 0 Å². The highest BCUT2D eigenvalue weighted by Gasteiger charge is 2.24. The molecule has 0 aromatic heterocycles. The fraction of sp³-hybridized carbons (Fsp3) is 0.308. The Morgan fingerprint density at radius 2 is 1.95 bits per heavy atom. The van der Waals surface area contributed by atoms with Gasteiger partial charge in [0.2, 0.25) is 5.91 Å². The van der Waals surface area contributed by atoms with Gasteiger partial charge in [0, 0.05) is 14.0 Å². The number of imide groups is 1. The Hall–Kier alpha value is -2.37. The predicted molar refractivity (Wildman–Crippen MR) is 68.5 cm³/mol. The average Bonchev–Trinajstić information content (AvgIpc) is 2.34. The molecule has 6 nitrogen and oxygen atoms in total. The van der Waals surface area contributed by atoms with Crippen molar-refractivity contribution in [3.63, 3.8) is 0 Å². The van der Waals surface area contributed by atoms with Crippen molar-refractivity contribution >= 4 is 17.9 Å². The number of rotatable bonds is 3. The summed E-state index contributed by atoms with van der Waals surface area (Å²) in [6.07, 6.45) is 0. The standard InChI is InChI=1S/C13H16N2O4/c1-8-5-4-6-10(7-8)11(12(17)18)14-13(19)15(3)9(2)16/h4-7,11H,1-3H3,(H,14,19)(H,17,18). The highest BCUT2D eigenvalue weighted by atomic mass is 16.4. The molecule has 3 amide bonds. The summed E-state index contributed by atoms with van der Waals surface area (Å²) in [5.41, 5.74) is 1.34. The van der Waals surface area contributed by atoms with E-state index < -0.39 is 23.9 Å². The first-order chi connectivity index (χ1) is 8.82. The van der Waals surface area contributed by atoms with E-state index in [9.17, 15) is 14.4 Å². The molecule has 1 aromatic rings. The van der Waals surface area contributed by atoms with Crippen LogP contribution in [-0.4, -0.2) is 35.0 Å². The highest BCUT2D eigenvalue weighted by Crippen LogP contribution is 2.15. The topological polar surface area (TPSA) is 86.7 Å². The van der Waals surface area contributed by atoms with E-state index in [4.69, 9.17) is 5.11 Å². The summed E-state index contributed by atoms with van der Waals surface area (Å²) < 4.78 is 0. The molecule has 0 saturated heterocycles. The molecule has 1 aromatic carbocycles. The van der Waals surface area contributed by atoms with Crippen molar-refractivity contribution in [2.45, 2.75) is 19.9 Å². The summed E-state index contributed by atoms with van der Waals surface area (Å²) in [7, 11) is 1.28. The van der Waals surface area contributed by atoms with Gasteiger partial charge in [0.25, 0.3) is 0 Å². The van der Waals surface area contributed by atoms with Crippen molar-refractivity contribution in [3.8, 4) is 0 Å². The zero-order chi connectivity index (χ0) is 14.6. The molecule has 0 saturated carbocycles. The molecule has 0 aliphatic rings. The Morgan fingerprint density at radius 1 is 1.32 bits per heavy atom. The minimum Gasteiger partial charge on any atom is -0.479 e. The maximum Gasteiger partial charge on any atom is 0.330 e. The molecular weight excluding hydrogens is 248 g/mol. The summed E-state index contributed by atoms with van der Waals surface area (Å²) >= 11 is 0. The first-order valence-corrected chi connectivity index (χ1v) is 5.67. The molecule has 19 heavy (non-hydrogen) atoms. The number of hydrogen-bond donors (Lipinski definition) is 2. The lowest BCUT2D eigenvalue weighted by Gasteiger charge is -2.19. The summed E-state index contributed by atoms with van der Waals surface area (Å²) in [6.45, 7) is 3.05. The quantitative estimate of drug-likeness (QED) is 0.861. The number of carboxylic acid groups (broad SMARTS) is 1. The third-order valence-corrected chi connectivity index (χ3v) is 2.67. The van der Waals surface area contributed by atoms with Crippen molar-refractivity contribution in [3.05, 3.63) is 35.4 Å². The number of carbonyl (C=O) groups is 3. The summed E-state index contributed by atoms with van der Waals surface area (Å²) in [6, 6.07) is 4.88. The number of aliphatic carboxylic acids is 1. The van der Waals surface area contributed by atoms with Crippen molar-refractivity contribution in [2.75, 3.05) is 7.05 Å². The fourth-order valence-electron chi connectivity index (χ4n) is 1.50. The maximum atomic E-state index is 11.7. The Kier molecular flexibility index (Phi) is 4.63. The Morgan fingerprint density at radius 3 is 2.42 bits per heavy atom. The lowest BCUT2D eigenvalue weighted by Crippen LogP contribution is -2.43. The second-order valence-electron chi connectivity index (χ2n) is 4.21. The van der Waals surface area contributed by atoms with Crippen molar-refractivity contribution in [2.24, 2.45) is 0 Å². The fourth-order valence-corrected chi connectivity index (χ4v) is 1.50. The van der Waals surface area contributed by atoms with E-state index in [1.807, 2.05) is 13.0 Å². The SMILES string of the molecule is CC(=O)N(C)C(=O)NC(C(=O)O)c1cccc(C)c1. The average molecular weight is 264 g/mol. The van der Waals surface area contributed by atoms with E-state index in [0.29, 0.717) is 5.56 Å². The van der Waals surface area contributed by atoms with E-state index in [0.717, 1.165) is 10.5 Å². The summed E-state index contributed by atoms with van der Waals surface area (Å²) in [5, 5.41) is 11.5. The van der Waals surface area contributed by atoms with Crippen LogP contribution in [0.2, 0.25) is 0 Å². The first-order valence-electron chi connectivity index (χ1n) is 5.67. The van der Waals surface area contributed by atoms with Crippen LogP contribution in [0.5, 0.6) is 0 Å². The molecule has 0 aliphatic carbocycles. The van der Waals surface area contributed by atoms with Crippen LogP contribution in [0, 0.1) is 6.92 Å². The van der Waals surface area contributed by atoms with Gasteiger partial charge in [-0.25, -0.2) is 9.59 Å². The highest BCUT2D eigenvalue weighted by molar-refractivity contribution is 5.94. The van der Waals surface area contributed by atoms with Crippen LogP contribution in [-0.2, 0) is 9.59 Å². The van der Waals surface area contributed by atoms with Crippen molar-refractivity contribution in [1.82, 2.24) is 10.2 Å². The molecule has 1 rings (SSSR count). The Bertz CT molecular complexity index is 513. The lowest BCUT2D eigenvalue weighted by atomic mass is 10.0. The largest absolute Gasteiger partial charge is 0.479 e. The molecule has 0 fully saturated rings. The van der Waals surface area contributed by atoms with Crippen LogP contribution in [0.1, 0.15) is 24.1 Å². The number of carboxylic acids is 1. The zero-order valence-corrected chi connectivity index (χ0v) is 11.0. The van der Waals surface area contributed by atoms with Crippen molar-refractivity contribution < 1.29 is 19.5 Å². The Labute approximate surface area is 111 Å². The van der Waals surface area contributed by atoms with E-state index in [2.05, 4.69) is 5.32 Å². The van der Waals surface area contributed by atoms with Gasteiger partial charge in [-0.1, -0.05) is 29.8 Å². The van der Waals surface area contributed by atoms with Crippen molar-refractivity contribution in [1.29, 1.82) is 0 Å². The van der Waals surface area contributed by atoms with Crippen LogP contribution in [0.4, 0.5) is 4.79 Å². The van der Waals surface area contributed by atoms with Gasteiger partial charge in [-0.05, 0) is 12.5 Å². The van der Waals surface area contributed by atoms with Gasteiger partial charge in [-0.15, -0.1) is 0 Å². The normalized spacial score (nSPS) is 11.5. The molecule has 0 spiro atoms. The van der Waals surface area contributed by atoms with Gasteiger partial charge in [0.15, 0.2) is 6.04 Å². The summed E-state index contributed by atoms with van der Waals surface area (Å²) in [5.74, 6) is -1.65. The maximum absolute atomic E-state index is 11.7. The van der Waals surface area contributed by atoms with Gasteiger partial charge < -0.3 is 10.4 Å². The third-order valence-electron chi connectivity index (χ3n) is 2.67. The van der Waals surface area contributed by atoms with Crippen LogP contribution in [0.3, 0.4) is 0 Å². The number of aryl methyl sites for hydroxylation is 1. The molecule has 2 N–H and O–H groups in total. The second kappa shape index (κ2) is 5.99. The number of hydrogen-bond acceptors (Lipinski definition) is 3. The number of urea groups is 1. The lowest BCUT2D eigenvalue weighted by molar-refractivity contribution is -0.139. The monoisotopic (exact) mass is 264 g/mol. The smallest absolute Gasteiger partial charge is 0.330 e. The molecule has 1 unspecified atom stereocenters. The van der Waals surface area contributed by atoms with Gasteiger partial charge in [-0.3, -0.25) is 9.69 Å². The third kappa shape index (κ3) is 3.80. The predicted octanol–water partition coefficient (Wildman–Crippen LogP) is 1.31. The van der Waals surface area contributed by atoms with Gasteiger partial charge in [-0.2, -0.15) is 0 Å². The number of benzene rings is 1. The molecule has 0 aliphatic heterocycles. The van der Waals surface area contributed by atoms with E-state index in [1.54, 1.807) is 18.2 Å². The Balaban J connectivity index is 2.94. The van der Waals surface area contributed by atoms with E-state index in [1.165, 1.54) is 14.0 Å².